The van der Waals surface area contributed by atoms with Crippen LogP contribution in [0.25, 0.3) is 0 Å². The van der Waals surface area contributed by atoms with Gasteiger partial charge in [0.2, 0.25) is 0 Å². The molecule has 0 heterocycles. The molecule has 0 bridgehead atoms. The van der Waals surface area contributed by atoms with Gasteiger partial charge in [0.25, 0.3) is 0 Å². The highest BCUT2D eigenvalue weighted by molar-refractivity contribution is 9.09. The molecule has 0 radical (unpaired) electrons. The molecule has 0 aliphatic heterocycles. The minimum absolute atomic E-state index is 0.231. The number of rotatable bonds is 17. The molecule has 0 atom stereocenters. The van der Waals surface area contributed by atoms with Gasteiger partial charge >= 0.3 is 0 Å². The Kier molecular flexibility index (Phi) is 20.3. The first kappa shape index (κ1) is 52.7. The standard InChI is InChI=1S/C41H36OS2.C19H16S.C3H6Br2O/c42-39(31-43-40(33-19-7-1-8-20-33,34-21-9-2-10-22-34)35-23-11-3-12-24-35)32-44-41(36-25-13-4-14-26-36,37-27-15-5-16-28-37)38-29-17-6-18-30-38;20-19(16-10-4-1-5-11-16,17-12-6-2-7-13-17)18-14-8-3-9-15-18;4-1-3(6)2-5/h1-30,39,42H,31-32H2;1-15,20H;3,6H,1-2H2. The summed E-state index contributed by atoms with van der Waals surface area (Å²) in [5.41, 5.74) is 10.8. The van der Waals surface area contributed by atoms with Crippen LogP contribution >= 0.6 is 68.0 Å². The Hall–Kier alpha value is -5.09. The smallest absolute Gasteiger partial charge is 0.0907 e. The van der Waals surface area contributed by atoms with Gasteiger partial charge in [-0.05, 0) is 50.1 Å². The first-order chi connectivity index (χ1) is 34.4. The highest BCUT2D eigenvalue weighted by Crippen LogP contribution is 2.51. The molecule has 0 saturated heterocycles. The van der Waals surface area contributed by atoms with Crippen LogP contribution in [0.4, 0.5) is 0 Å². The summed E-state index contributed by atoms with van der Waals surface area (Å²) in [6, 6.07) is 95.5. The zero-order valence-electron chi connectivity index (χ0n) is 38.9. The number of aliphatic hydroxyl groups is 2. The Labute approximate surface area is 446 Å². The van der Waals surface area contributed by atoms with Crippen molar-refractivity contribution in [2.45, 2.75) is 26.4 Å². The van der Waals surface area contributed by atoms with E-state index in [0.29, 0.717) is 22.2 Å². The Bertz CT molecular complexity index is 2390. The number of hydrogen-bond acceptors (Lipinski definition) is 5. The Morgan fingerprint density at radius 2 is 0.471 bits per heavy atom. The molecule has 354 valence electrons. The molecule has 0 amide bonds. The molecule has 0 fully saturated rings. The molecule has 9 aromatic rings. The number of aliphatic hydroxyl groups excluding tert-OH is 2. The first-order valence-corrected chi connectivity index (χ1v) is 28.0. The predicted molar refractivity (Wildman–Crippen MR) is 311 cm³/mol. The highest BCUT2D eigenvalue weighted by atomic mass is 79.9. The van der Waals surface area contributed by atoms with Crippen LogP contribution in [0.1, 0.15) is 50.1 Å². The third-order valence-electron chi connectivity index (χ3n) is 12.0. The second-order valence-electron chi connectivity index (χ2n) is 16.6. The summed E-state index contributed by atoms with van der Waals surface area (Å²) in [6.07, 6.45) is -0.777. The van der Waals surface area contributed by atoms with Gasteiger partial charge < -0.3 is 10.2 Å². The Morgan fingerprint density at radius 3 is 0.629 bits per heavy atom. The Morgan fingerprint density at radius 1 is 0.300 bits per heavy atom. The van der Waals surface area contributed by atoms with Gasteiger partial charge in [-0.15, -0.1) is 23.5 Å². The van der Waals surface area contributed by atoms with Crippen LogP contribution in [0.5, 0.6) is 0 Å². The molecule has 2 N–H and O–H groups in total. The van der Waals surface area contributed by atoms with Gasteiger partial charge in [0.1, 0.15) is 0 Å². The fraction of sp³-hybridized carbons (Fsp3) is 0.143. The lowest BCUT2D eigenvalue weighted by Crippen LogP contribution is -2.31. The second-order valence-corrected chi connectivity index (χ2v) is 21.0. The molecule has 70 heavy (non-hydrogen) atoms. The topological polar surface area (TPSA) is 40.5 Å². The molecule has 0 saturated carbocycles. The SMILES string of the molecule is OC(CBr)CBr.OC(CSC(c1ccccc1)(c1ccccc1)c1ccccc1)CSC(c1ccccc1)(c1ccccc1)c1ccccc1.SC(c1ccccc1)(c1ccccc1)c1ccccc1. The summed E-state index contributed by atoms with van der Waals surface area (Å²) < 4.78 is -1.36. The van der Waals surface area contributed by atoms with E-state index in [2.05, 4.69) is 287 Å². The van der Waals surface area contributed by atoms with Gasteiger partial charge in [0.05, 0.1) is 26.4 Å². The van der Waals surface area contributed by atoms with Crippen LogP contribution in [0.3, 0.4) is 0 Å². The third kappa shape index (κ3) is 12.9. The van der Waals surface area contributed by atoms with Crippen LogP contribution in [-0.4, -0.2) is 44.6 Å². The average molecular weight is 1100 g/mol. The maximum absolute atomic E-state index is 11.8. The molecule has 0 spiro atoms. The predicted octanol–water partition coefficient (Wildman–Crippen LogP) is 15.8. The zero-order chi connectivity index (χ0) is 48.9. The van der Waals surface area contributed by atoms with E-state index in [1.54, 1.807) is 0 Å². The van der Waals surface area contributed by atoms with E-state index < -0.39 is 20.3 Å². The molecular formula is C63H58Br2O2S3. The van der Waals surface area contributed by atoms with Crippen LogP contribution in [0.15, 0.2) is 273 Å². The summed E-state index contributed by atoms with van der Waals surface area (Å²) in [7, 11) is 0. The van der Waals surface area contributed by atoms with Gasteiger partial charge in [-0.2, -0.15) is 12.6 Å². The van der Waals surface area contributed by atoms with E-state index in [-0.39, 0.29) is 6.10 Å². The van der Waals surface area contributed by atoms with Crippen LogP contribution < -0.4 is 0 Å². The molecule has 9 aromatic carbocycles. The lowest BCUT2D eigenvalue weighted by atomic mass is 9.84. The van der Waals surface area contributed by atoms with Crippen molar-refractivity contribution in [3.8, 4) is 0 Å². The molecule has 7 heteroatoms. The normalized spacial score (nSPS) is 11.5. The van der Waals surface area contributed by atoms with Crippen molar-refractivity contribution in [2.24, 2.45) is 0 Å². The van der Waals surface area contributed by atoms with Crippen LogP contribution in [0, 0.1) is 0 Å². The molecule has 0 aromatic heterocycles. The summed E-state index contributed by atoms with van der Waals surface area (Å²) in [4.78, 5) is 0. The summed E-state index contributed by atoms with van der Waals surface area (Å²) in [5.74, 6) is 1.14. The minimum atomic E-state index is -0.545. The molecule has 0 aliphatic rings. The number of thioether (sulfide) groups is 2. The molecule has 0 aliphatic carbocycles. The number of halogens is 2. The highest BCUT2D eigenvalue weighted by Gasteiger charge is 2.40. The summed E-state index contributed by atoms with van der Waals surface area (Å²) >= 11 is 14.9. The quantitative estimate of drug-likeness (QED) is 0.0483. The number of thiol groups is 1. The summed E-state index contributed by atoms with van der Waals surface area (Å²) in [5, 5.41) is 21.7. The molecule has 0 unspecified atom stereocenters. The van der Waals surface area contributed by atoms with Gasteiger partial charge in [-0.3, -0.25) is 0 Å². The van der Waals surface area contributed by atoms with Crippen molar-refractivity contribution >= 4 is 68.0 Å². The maximum Gasteiger partial charge on any atom is 0.0907 e. The fourth-order valence-electron chi connectivity index (χ4n) is 8.61. The second kappa shape index (κ2) is 26.9. The van der Waals surface area contributed by atoms with Crippen molar-refractivity contribution < 1.29 is 10.2 Å². The third-order valence-corrected chi connectivity index (χ3v) is 17.6. The fourth-order valence-corrected chi connectivity index (χ4v) is 13.2. The summed E-state index contributed by atoms with van der Waals surface area (Å²) in [6.45, 7) is 0. The van der Waals surface area contributed by atoms with E-state index in [1.165, 1.54) is 50.1 Å². The van der Waals surface area contributed by atoms with Crippen LogP contribution in [0.2, 0.25) is 0 Å². The van der Waals surface area contributed by atoms with Gasteiger partial charge in [0.15, 0.2) is 0 Å². The van der Waals surface area contributed by atoms with E-state index >= 15 is 0 Å². The minimum Gasteiger partial charge on any atom is -0.391 e. The van der Waals surface area contributed by atoms with Crippen molar-refractivity contribution in [1.82, 2.24) is 0 Å². The molecule has 9 rings (SSSR count). The lowest BCUT2D eigenvalue weighted by molar-refractivity contribution is 0.224. The first-order valence-electron chi connectivity index (χ1n) is 23.3. The lowest BCUT2D eigenvalue weighted by Gasteiger charge is -2.37. The van der Waals surface area contributed by atoms with Crippen molar-refractivity contribution in [3.63, 3.8) is 0 Å². The monoisotopic (exact) mass is 1100 g/mol. The number of alkyl halides is 2. The van der Waals surface area contributed by atoms with Crippen molar-refractivity contribution in [3.05, 3.63) is 323 Å². The van der Waals surface area contributed by atoms with E-state index in [4.69, 9.17) is 17.7 Å². The number of benzene rings is 9. The zero-order valence-corrected chi connectivity index (χ0v) is 44.6. The van der Waals surface area contributed by atoms with Gasteiger partial charge in [-0.1, -0.05) is 305 Å². The van der Waals surface area contributed by atoms with Crippen LogP contribution in [-0.2, 0) is 14.2 Å². The van der Waals surface area contributed by atoms with Gasteiger partial charge in [0, 0.05) is 22.2 Å². The van der Waals surface area contributed by atoms with Gasteiger partial charge in [-0.25, -0.2) is 0 Å². The Balaban J connectivity index is 0.000000228. The average Bonchev–Trinajstić information content (AvgIpc) is 3.45. The van der Waals surface area contributed by atoms with E-state index in [1.807, 2.05) is 41.7 Å². The van der Waals surface area contributed by atoms with E-state index in [0.717, 1.165) is 0 Å². The van der Waals surface area contributed by atoms with E-state index in [9.17, 15) is 5.11 Å². The van der Waals surface area contributed by atoms with Crippen molar-refractivity contribution in [1.29, 1.82) is 0 Å². The molecule has 2 nitrogen and oxygen atoms in total. The maximum atomic E-state index is 11.8. The largest absolute Gasteiger partial charge is 0.391 e. The van der Waals surface area contributed by atoms with Crippen molar-refractivity contribution in [2.75, 3.05) is 22.2 Å². The molecular weight excluding hydrogens is 1040 g/mol. The number of hydrogen-bond donors (Lipinski definition) is 3.